The Kier molecular flexibility index (Phi) is 3.72. The molecule has 1 aromatic rings. The minimum Gasteiger partial charge on any atom is -0.385 e. The fraction of sp³-hybridized carbons (Fsp3) is 0.143. The van der Waals surface area contributed by atoms with Crippen LogP contribution in [0.2, 0.25) is 0 Å². The van der Waals surface area contributed by atoms with Gasteiger partial charge in [0.05, 0.1) is 5.94 Å². The van der Waals surface area contributed by atoms with Crippen LogP contribution < -0.4 is 0 Å². The molecule has 0 aliphatic rings. The molecule has 0 aromatic heterocycles. The third-order valence-corrected chi connectivity index (χ3v) is 2.89. The van der Waals surface area contributed by atoms with Crippen molar-refractivity contribution in [2.24, 2.45) is 0 Å². The van der Waals surface area contributed by atoms with Crippen LogP contribution in [0.5, 0.6) is 0 Å². The first-order valence-corrected chi connectivity index (χ1v) is 5.21. The second kappa shape index (κ2) is 4.66. The monoisotopic (exact) mass is 172 g/mol. The lowest BCUT2D eigenvalue weighted by Crippen LogP contribution is -1.67. The normalized spacial score (nSPS) is 9.70. The third kappa shape index (κ3) is 2.64. The Bertz CT molecular complexity index is 176. The summed E-state index contributed by atoms with van der Waals surface area (Å²) in [4.78, 5) is 1.18. The summed E-state index contributed by atoms with van der Waals surface area (Å²) in [5, 5.41) is 8.47. The van der Waals surface area contributed by atoms with E-state index in [-0.39, 0.29) is 5.94 Å². The number of hydrogen-bond donors (Lipinski definition) is 1. The van der Waals surface area contributed by atoms with E-state index >= 15 is 0 Å². The van der Waals surface area contributed by atoms with E-state index in [1.165, 1.54) is 15.7 Å². The number of hydrogen-bond acceptors (Lipinski definition) is 3. The molecule has 0 aliphatic heterocycles. The van der Waals surface area contributed by atoms with Crippen LogP contribution in [0.25, 0.3) is 0 Å². The summed E-state index contributed by atoms with van der Waals surface area (Å²) in [5.74, 6) is 0.166. The second-order valence-corrected chi connectivity index (χ2v) is 3.98. The molecule has 0 heterocycles. The van der Waals surface area contributed by atoms with Gasteiger partial charge < -0.3 is 5.11 Å². The molecule has 0 aliphatic carbocycles. The highest BCUT2D eigenvalue weighted by molar-refractivity contribution is 8.76. The first kappa shape index (κ1) is 7.98. The van der Waals surface area contributed by atoms with Gasteiger partial charge in [-0.3, -0.25) is 0 Å². The lowest BCUT2D eigenvalue weighted by molar-refractivity contribution is 0.376. The lowest BCUT2D eigenvalue weighted by Gasteiger charge is -1.94. The quantitative estimate of drug-likeness (QED) is 0.558. The Morgan fingerprint density at radius 3 is 2.50 bits per heavy atom. The molecule has 1 N–H and O–H groups in total. The van der Waals surface area contributed by atoms with Crippen molar-refractivity contribution in [1.82, 2.24) is 0 Å². The van der Waals surface area contributed by atoms with Crippen LogP contribution in [0.15, 0.2) is 35.2 Å². The smallest absolute Gasteiger partial charge is 0.0990 e. The molecule has 0 atom stereocenters. The molecule has 0 bridgehead atoms. The van der Waals surface area contributed by atoms with E-state index in [1.807, 2.05) is 30.3 Å². The molecule has 3 heteroatoms. The number of rotatable bonds is 3. The predicted octanol–water partition coefficient (Wildman–Crippen LogP) is 2.38. The number of aliphatic hydroxyl groups is 1. The van der Waals surface area contributed by atoms with Gasteiger partial charge in [0.1, 0.15) is 0 Å². The van der Waals surface area contributed by atoms with Gasteiger partial charge in [-0.1, -0.05) is 39.8 Å². The summed E-state index contributed by atoms with van der Waals surface area (Å²) < 4.78 is 0. The lowest BCUT2D eigenvalue weighted by atomic mass is 10.4. The molecule has 0 amide bonds. The highest BCUT2D eigenvalue weighted by atomic mass is 33.1. The first-order valence-electron chi connectivity index (χ1n) is 2.89. The van der Waals surface area contributed by atoms with Gasteiger partial charge >= 0.3 is 0 Å². The summed E-state index contributed by atoms with van der Waals surface area (Å²) in [6.45, 7) is 0. The maximum Gasteiger partial charge on any atom is 0.0990 e. The number of aliphatic hydroxyl groups excluding tert-OH is 1. The van der Waals surface area contributed by atoms with E-state index in [9.17, 15) is 0 Å². The topological polar surface area (TPSA) is 20.2 Å². The van der Waals surface area contributed by atoms with Crippen molar-refractivity contribution in [3.63, 3.8) is 0 Å². The zero-order chi connectivity index (χ0) is 7.23. The van der Waals surface area contributed by atoms with Gasteiger partial charge in [-0.15, -0.1) is 0 Å². The Hall–Kier alpha value is -0.120. The van der Waals surface area contributed by atoms with Crippen molar-refractivity contribution in [2.45, 2.75) is 4.90 Å². The largest absolute Gasteiger partial charge is 0.385 e. The van der Waals surface area contributed by atoms with E-state index < -0.39 is 0 Å². The zero-order valence-electron chi connectivity index (χ0n) is 5.36. The molecule has 10 heavy (non-hydrogen) atoms. The molecule has 1 rings (SSSR count). The van der Waals surface area contributed by atoms with E-state index in [0.29, 0.717) is 0 Å². The molecule has 0 saturated heterocycles. The maximum absolute atomic E-state index is 8.47. The Balaban J connectivity index is 2.43. The minimum absolute atomic E-state index is 0.166. The molecule has 0 radical (unpaired) electrons. The van der Waals surface area contributed by atoms with Crippen molar-refractivity contribution < 1.29 is 5.11 Å². The fourth-order valence-corrected chi connectivity index (χ4v) is 1.93. The Morgan fingerprint density at radius 2 is 1.90 bits per heavy atom. The minimum atomic E-state index is 0.166. The van der Waals surface area contributed by atoms with Gasteiger partial charge in [-0.25, -0.2) is 0 Å². The van der Waals surface area contributed by atoms with Crippen LogP contribution in [-0.4, -0.2) is 11.0 Å². The predicted molar refractivity (Wildman–Crippen MR) is 47.0 cm³/mol. The zero-order valence-corrected chi connectivity index (χ0v) is 6.99. The second-order valence-electron chi connectivity index (χ2n) is 1.64. The van der Waals surface area contributed by atoms with Gasteiger partial charge in [0.2, 0.25) is 0 Å². The molecular formula is C7H8OS2. The van der Waals surface area contributed by atoms with Gasteiger partial charge in [-0.2, -0.15) is 0 Å². The first-order chi connectivity index (χ1) is 4.93. The highest BCUT2D eigenvalue weighted by Gasteiger charge is 1.89. The molecule has 0 fully saturated rings. The molecule has 0 saturated carbocycles. The van der Waals surface area contributed by atoms with Crippen LogP contribution in [0, 0.1) is 0 Å². The van der Waals surface area contributed by atoms with Gasteiger partial charge in [-0.05, 0) is 12.1 Å². The molecule has 54 valence electrons. The van der Waals surface area contributed by atoms with Crippen molar-refractivity contribution in [3.05, 3.63) is 30.3 Å². The summed E-state index contributed by atoms with van der Waals surface area (Å²) in [5.41, 5.74) is 0. The van der Waals surface area contributed by atoms with Crippen LogP contribution in [-0.2, 0) is 0 Å². The van der Waals surface area contributed by atoms with Gasteiger partial charge in [0.25, 0.3) is 0 Å². The van der Waals surface area contributed by atoms with E-state index in [4.69, 9.17) is 5.11 Å². The van der Waals surface area contributed by atoms with Gasteiger partial charge in [0, 0.05) is 4.90 Å². The van der Waals surface area contributed by atoms with Crippen molar-refractivity contribution in [2.75, 3.05) is 5.94 Å². The summed E-state index contributed by atoms with van der Waals surface area (Å²) in [6.07, 6.45) is 0. The molecule has 1 nitrogen and oxygen atoms in total. The van der Waals surface area contributed by atoms with Crippen LogP contribution in [0.1, 0.15) is 0 Å². The standard InChI is InChI=1S/C7H8OS2/c8-6-9-10-7-4-2-1-3-5-7/h1-5,8H,6H2. The third-order valence-electron chi connectivity index (χ3n) is 0.951. The molecule has 0 spiro atoms. The van der Waals surface area contributed by atoms with E-state index in [0.717, 1.165) is 0 Å². The average molecular weight is 172 g/mol. The van der Waals surface area contributed by atoms with E-state index in [1.54, 1.807) is 10.8 Å². The molecular weight excluding hydrogens is 164 g/mol. The van der Waals surface area contributed by atoms with Crippen LogP contribution in [0.3, 0.4) is 0 Å². The molecule has 0 unspecified atom stereocenters. The van der Waals surface area contributed by atoms with Crippen LogP contribution >= 0.6 is 21.6 Å². The summed E-state index contributed by atoms with van der Waals surface area (Å²) in [6, 6.07) is 9.99. The average Bonchev–Trinajstić information content (AvgIpc) is 2.03. The SMILES string of the molecule is OCSSc1ccccc1. The highest BCUT2D eigenvalue weighted by Crippen LogP contribution is 2.29. The maximum atomic E-state index is 8.47. The van der Waals surface area contributed by atoms with E-state index in [2.05, 4.69) is 0 Å². The summed E-state index contributed by atoms with van der Waals surface area (Å²) >= 11 is 0. The Labute approximate surface area is 68.2 Å². The summed E-state index contributed by atoms with van der Waals surface area (Å²) in [7, 11) is 3.02. The fourth-order valence-electron chi connectivity index (χ4n) is 0.570. The van der Waals surface area contributed by atoms with Crippen molar-refractivity contribution >= 4 is 21.6 Å². The number of benzene rings is 1. The molecule has 1 aromatic carbocycles. The van der Waals surface area contributed by atoms with Gasteiger partial charge in [0.15, 0.2) is 0 Å². The van der Waals surface area contributed by atoms with Crippen molar-refractivity contribution in [1.29, 1.82) is 0 Å². The Morgan fingerprint density at radius 1 is 1.20 bits per heavy atom. The van der Waals surface area contributed by atoms with Crippen LogP contribution in [0.4, 0.5) is 0 Å². The van der Waals surface area contributed by atoms with Crippen molar-refractivity contribution in [3.8, 4) is 0 Å².